The van der Waals surface area contributed by atoms with E-state index in [2.05, 4.69) is 6.92 Å². The number of rotatable bonds is 11. The quantitative estimate of drug-likeness (QED) is 0.443. The van der Waals surface area contributed by atoms with Crippen molar-refractivity contribution in [3.8, 4) is 0 Å². The van der Waals surface area contributed by atoms with Crippen LogP contribution in [0.1, 0.15) is 58.8 Å². The Morgan fingerprint density at radius 2 is 1.74 bits per heavy atom. The Kier molecular flexibility index (Phi) is 9.85. The molecular formula is C15H26O4. The molecule has 0 aromatic carbocycles. The molecule has 0 aliphatic rings. The van der Waals surface area contributed by atoms with Crippen molar-refractivity contribution in [2.24, 2.45) is 11.8 Å². The molecule has 0 spiro atoms. The SMILES string of the molecule is CCCCCCCC=CC(C)C(CC(=O)O)C(=O)O. The van der Waals surface area contributed by atoms with Gasteiger partial charge in [0.05, 0.1) is 12.3 Å². The predicted molar refractivity (Wildman–Crippen MR) is 75.1 cm³/mol. The Hall–Kier alpha value is -1.32. The van der Waals surface area contributed by atoms with Crippen LogP contribution in [0.5, 0.6) is 0 Å². The van der Waals surface area contributed by atoms with Crippen LogP contribution >= 0.6 is 0 Å². The molecule has 0 rings (SSSR count). The maximum Gasteiger partial charge on any atom is 0.307 e. The number of unbranched alkanes of at least 4 members (excludes halogenated alkanes) is 5. The first-order valence-electron chi connectivity index (χ1n) is 7.10. The summed E-state index contributed by atoms with van der Waals surface area (Å²) >= 11 is 0. The molecule has 0 bridgehead atoms. The lowest BCUT2D eigenvalue weighted by molar-refractivity contribution is -0.149. The monoisotopic (exact) mass is 270 g/mol. The van der Waals surface area contributed by atoms with Gasteiger partial charge in [-0.05, 0) is 18.8 Å². The van der Waals surface area contributed by atoms with Crippen molar-refractivity contribution in [3.63, 3.8) is 0 Å². The fourth-order valence-electron chi connectivity index (χ4n) is 2.00. The average molecular weight is 270 g/mol. The van der Waals surface area contributed by atoms with Crippen molar-refractivity contribution < 1.29 is 19.8 Å². The van der Waals surface area contributed by atoms with E-state index >= 15 is 0 Å². The van der Waals surface area contributed by atoms with Crippen LogP contribution in [-0.4, -0.2) is 22.2 Å². The number of carbonyl (C=O) groups is 2. The van der Waals surface area contributed by atoms with Crippen molar-refractivity contribution >= 4 is 11.9 Å². The molecule has 0 aliphatic carbocycles. The van der Waals surface area contributed by atoms with E-state index in [9.17, 15) is 9.59 Å². The van der Waals surface area contributed by atoms with Gasteiger partial charge in [0.1, 0.15) is 0 Å². The number of hydrogen-bond donors (Lipinski definition) is 2. The molecule has 0 aromatic rings. The zero-order valence-electron chi connectivity index (χ0n) is 12.0. The molecule has 0 aliphatic heterocycles. The molecule has 2 atom stereocenters. The standard InChI is InChI=1S/C15H26O4/c1-3-4-5-6-7-8-9-10-12(2)13(15(18)19)11-14(16)17/h9-10,12-13H,3-8,11H2,1-2H3,(H,16,17)(H,18,19). The second kappa shape index (κ2) is 10.6. The minimum Gasteiger partial charge on any atom is -0.481 e. The second-order valence-corrected chi connectivity index (χ2v) is 5.03. The molecule has 2 unspecified atom stereocenters. The van der Waals surface area contributed by atoms with Gasteiger partial charge in [-0.15, -0.1) is 0 Å². The smallest absolute Gasteiger partial charge is 0.307 e. The van der Waals surface area contributed by atoms with E-state index in [0.29, 0.717) is 0 Å². The fraction of sp³-hybridized carbons (Fsp3) is 0.733. The summed E-state index contributed by atoms with van der Waals surface area (Å²) in [5.74, 6) is -3.19. The molecule has 4 heteroatoms. The third-order valence-corrected chi connectivity index (χ3v) is 3.26. The molecule has 2 N–H and O–H groups in total. The van der Waals surface area contributed by atoms with Crippen LogP contribution in [0.2, 0.25) is 0 Å². The number of carboxylic acids is 2. The Balaban J connectivity index is 4.00. The molecule has 0 saturated heterocycles. The van der Waals surface area contributed by atoms with Gasteiger partial charge in [-0.3, -0.25) is 9.59 Å². The van der Waals surface area contributed by atoms with Crippen molar-refractivity contribution in [1.29, 1.82) is 0 Å². The first-order valence-corrected chi connectivity index (χ1v) is 7.10. The van der Waals surface area contributed by atoms with E-state index in [-0.39, 0.29) is 12.3 Å². The van der Waals surface area contributed by atoms with Crippen LogP contribution in [0, 0.1) is 11.8 Å². The Morgan fingerprint density at radius 1 is 1.11 bits per heavy atom. The Morgan fingerprint density at radius 3 is 2.26 bits per heavy atom. The molecule has 0 radical (unpaired) electrons. The van der Waals surface area contributed by atoms with Gasteiger partial charge in [0.2, 0.25) is 0 Å². The highest BCUT2D eigenvalue weighted by atomic mass is 16.4. The topological polar surface area (TPSA) is 74.6 Å². The molecule has 0 saturated carbocycles. The summed E-state index contributed by atoms with van der Waals surface area (Å²) < 4.78 is 0. The molecule has 4 nitrogen and oxygen atoms in total. The van der Waals surface area contributed by atoms with Crippen LogP contribution in [0.4, 0.5) is 0 Å². The summed E-state index contributed by atoms with van der Waals surface area (Å²) in [4.78, 5) is 21.6. The first kappa shape index (κ1) is 17.7. The zero-order valence-corrected chi connectivity index (χ0v) is 12.0. The lowest BCUT2D eigenvalue weighted by Crippen LogP contribution is -2.23. The van der Waals surface area contributed by atoms with E-state index in [4.69, 9.17) is 10.2 Å². The molecule has 0 amide bonds. The third kappa shape index (κ3) is 9.28. The third-order valence-electron chi connectivity index (χ3n) is 3.26. The Bertz CT molecular complexity index is 297. The summed E-state index contributed by atoms with van der Waals surface area (Å²) in [6.45, 7) is 3.94. The molecule has 0 heterocycles. The summed E-state index contributed by atoms with van der Waals surface area (Å²) in [6, 6.07) is 0. The summed E-state index contributed by atoms with van der Waals surface area (Å²) in [5.41, 5.74) is 0. The van der Waals surface area contributed by atoms with Crippen molar-refractivity contribution in [3.05, 3.63) is 12.2 Å². The number of allylic oxidation sites excluding steroid dienone is 2. The van der Waals surface area contributed by atoms with E-state index in [1.807, 2.05) is 12.2 Å². The summed E-state index contributed by atoms with van der Waals surface area (Å²) in [6.07, 6.45) is 10.5. The van der Waals surface area contributed by atoms with E-state index < -0.39 is 17.9 Å². The van der Waals surface area contributed by atoms with Gasteiger partial charge in [0.15, 0.2) is 0 Å². The maximum absolute atomic E-state index is 11.0. The minimum atomic E-state index is -1.06. The molecule has 0 fully saturated rings. The number of aliphatic carboxylic acids is 2. The van der Waals surface area contributed by atoms with Crippen LogP contribution < -0.4 is 0 Å². The summed E-state index contributed by atoms with van der Waals surface area (Å²) in [7, 11) is 0. The molecule has 110 valence electrons. The normalized spacial score (nSPS) is 14.4. The van der Waals surface area contributed by atoms with Crippen LogP contribution in [-0.2, 0) is 9.59 Å². The van der Waals surface area contributed by atoms with Crippen molar-refractivity contribution in [1.82, 2.24) is 0 Å². The van der Waals surface area contributed by atoms with E-state index in [1.54, 1.807) is 6.92 Å². The zero-order chi connectivity index (χ0) is 14.7. The van der Waals surface area contributed by atoms with Crippen molar-refractivity contribution in [2.75, 3.05) is 0 Å². The van der Waals surface area contributed by atoms with Gasteiger partial charge in [-0.2, -0.15) is 0 Å². The van der Waals surface area contributed by atoms with Gasteiger partial charge in [-0.1, -0.05) is 51.7 Å². The van der Waals surface area contributed by atoms with Gasteiger partial charge in [0, 0.05) is 0 Å². The largest absolute Gasteiger partial charge is 0.481 e. The van der Waals surface area contributed by atoms with Crippen molar-refractivity contribution in [2.45, 2.75) is 58.8 Å². The summed E-state index contributed by atoms with van der Waals surface area (Å²) in [5, 5.41) is 17.7. The predicted octanol–water partition coefficient (Wildman–Crippen LogP) is 3.71. The van der Waals surface area contributed by atoms with Crippen LogP contribution in [0.15, 0.2) is 12.2 Å². The molecule has 0 aromatic heterocycles. The second-order valence-electron chi connectivity index (χ2n) is 5.03. The van der Waals surface area contributed by atoms with Gasteiger partial charge >= 0.3 is 11.9 Å². The highest BCUT2D eigenvalue weighted by Crippen LogP contribution is 2.18. The first-order chi connectivity index (χ1) is 8.99. The fourth-order valence-corrected chi connectivity index (χ4v) is 2.00. The van der Waals surface area contributed by atoms with Gasteiger partial charge in [-0.25, -0.2) is 0 Å². The molecular weight excluding hydrogens is 244 g/mol. The Labute approximate surface area is 115 Å². The average Bonchev–Trinajstić information content (AvgIpc) is 2.34. The number of carboxylic acid groups (broad SMARTS) is 2. The maximum atomic E-state index is 11.0. The van der Waals surface area contributed by atoms with Gasteiger partial charge < -0.3 is 10.2 Å². The number of hydrogen-bond acceptors (Lipinski definition) is 2. The molecule has 19 heavy (non-hydrogen) atoms. The van der Waals surface area contributed by atoms with Gasteiger partial charge in [0.25, 0.3) is 0 Å². The van der Waals surface area contributed by atoms with Crippen LogP contribution in [0.25, 0.3) is 0 Å². The minimum absolute atomic E-state index is 0.246. The van der Waals surface area contributed by atoms with E-state index in [0.717, 1.165) is 12.8 Å². The highest BCUT2D eigenvalue weighted by Gasteiger charge is 2.25. The lowest BCUT2D eigenvalue weighted by Gasteiger charge is -2.14. The van der Waals surface area contributed by atoms with E-state index in [1.165, 1.54) is 25.7 Å². The highest BCUT2D eigenvalue weighted by molar-refractivity contribution is 5.78. The van der Waals surface area contributed by atoms with Crippen LogP contribution in [0.3, 0.4) is 0 Å². The lowest BCUT2D eigenvalue weighted by atomic mass is 9.90.